The van der Waals surface area contributed by atoms with Crippen molar-refractivity contribution >= 4 is 41.2 Å². The van der Waals surface area contributed by atoms with Gasteiger partial charge in [0.05, 0.1) is 6.04 Å². The van der Waals surface area contributed by atoms with E-state index in [1.807, 2.05) is 66.7 Å². The first-order valence-corrected chi connectivity index (χ1v) is 25.9. The van der Waals surface area contributed by atoms with Crippen LogP contribution in [0.2, 0.25) is 0 Å². The number of hydrogen-bond acceptors (Lipinski definition) is 10. The SMILES string of the molecule is NC(=O)c1c(-c2ccc(Oc3ccccc3)cc2)nn2c1NCCC2C1CCN(CC2CCN(C(=O)N3CCC(C4CCN(c5ccc6c(c5)CN(C5CCC(=O)NC5=O)C6=O)CC4)CC3)CC2)CC1. The van der Waals surface area contributed by atoms with Crippen LogP contribution in [0.5, 0.6) is 11.5 Å². The number of primary amides is 1. The van der Waals surface area contributed by atoms with E-state index in [-0.39, 0.29) is 36.2 Å². The van der Waals surface area contributed by atoms with Gasteiger partial charge in [-0.3, -0.25) is 24.5 Å². The van der Waals surface area contributed by atoms with E-state index < -0.39 is 11.9 Å². The zero-order valence-electron chi connectivity index (χ0n) is 40.1. The van der Waals surface area contributed by atoms with Gasteiger partial charge >= 0.3 is 6.03 Å². The lowest BCUT2D eigenvalue weighted by molar-refractivity contribution is -0.136. The molecule has 16 nitrogen and oxygen atoms in total. The number of nitrogens with zero attached hydrogens (tertiary/aromatic N) is 7. The molecule has 4 aromatic rings. The predicted octanol–water partition coefficient (Wildman–Crippen LogP) is 6.73. The lowest BCUT2D eigenvalue weighted by Gasteiger charge is -2.43. The fourth-order valence-electron chi connectivity index (χ4n) is 12.8. The number of nitrogens with one attached hydrogen (secondary N) is 2. The summed E-state index contributed by atoms with van der Waals surface area (Å²) in [6.45, 7) is 9.58. The third-order valence-electron chi connectivity index (χ3n) is 16.8. The average molecular weight is 951 g/mol. The second kappa shape index (κ2) is 19.8. The van der Waals surface area contributed by atoms with E-state index in [9.17, 15) is 24.0 Å². The Morgan fingerprint density at radius 3 is 2.06 bits per heavy atom. The Bertz CT molecular complexity index is 2590. The van der Waals surface area contributed by atoms with E-state index in [2.05, 4.69) is 41.0 Å². The van der Waals surface area contributed by atoms with Crippen LogP contribution in [0, 0.1) is 23.7 Å². The Hall–Kier alpha value is -6.42. The molecule has 5 fully saturated rings. The summed E-state index contributed by atoms with van der Waals surface area (Å²) in [5.41, 5.74) is 10.6. The number of anilines is 2. The summed E-state index contributed by atoms with van der Waals surface area (Å²) in [6, 6.07) is 23.2. The molecule has 0 saturated carbocycles. The minimum atomic E-state index is -0.603. The molecule has 4 N–H and O–H groups in total. The summed E-state index contributed by atoms with van der Waals surface area (Å²) in [7, 11) is 0. The molecule has 7 aliphatic rings. The van der Waals surface area contributed by atoms with Crippen molar-refractivity contribution in [1.29, 1.82) is 0 Å². The van der Waals surface area contributed by atoms with Crippen LogP contribution in [0.25, 0.3) is 11.3 Å². The molecule has 8 heterocycles. The molecule has 6 amide bonds. The number of para-hydroxylation sites is 1. The standard InChI is InChI=1S/C54H66N10O6/c55-50(66)48-49(39-6-9-43(10-7-39)70-42-4-2-1-3-5-42)58-64-45(14-23-56-51(48)64)38-17-24-59(25-18-38)33-35-15-26-61(27-16-35)54(69)62-30-21-37(22-31-62)36-19-28-60(29-20-36)41-8-11-44-40(32-41)34-63(53(44)68)46-12-13-47(65)57-52(46)67/h1-11,32,35-38,45-46,56H,12-31,33-34H2,(H2,55,66)(H,57,65,67). The molecule has 16 heteroatoms. The highest BCUT2D eigenvalue weighted by atomic mass is 16.5. The number of urea groups is 1. The monoisotopic (exact) mass is 951 g/mol. The third-order valence-corrected chi connectivity index (χ3v) is 16.8. The summed E-state index contributed by atoms with van der Waals surface area (Å²) in [5, 5.41) is 10.9. The molecule has 0 radical (unpaired) electrons. The van der Waals surface area contributed by atoms with Crippen LogP contribution in [-0.2, 0) is 16.1 Å². The van der Waals surface area contributed by atoms with Gasteiger partial charge in [0, 0.05) is 82.1 Å². The Morgan fingerprint density at radius 2 is 1.37 bits per heavy atom. The maximum absolute atomic E-state index is 13.8. The first kappa shape index (κ1) is 46.0. The summed E-state index contributed by atoms with van der Waals surface area (Å²) in [6.07, 6.45) is 10.2. The molecule has 11 rings (SSSR count). The number of aromatic nitrogens is 2. The van der Waals surface area contributed by atoms with Crippen molar-refractivity contribution in [3.05, 3.63) is 89.5 Å². The van der Waals surface area contributed by atoms with Gasteiger partial charge in [-0.15, -0.1) is 0 Å². The van der Waals surface area contributed by atoms with E-state index in [1.165, 1.54) is 0 Å². The molecule has 2 unspecified atom stereocenters. The highest BCUT2D eigenvalue weighted by molar-refractivity contribution is 6.06. The first-order valence-electron chi connectivity index (χ1n) is 25.9. The molecule has 70 heavy (non-hydrogen) atoms. The normalized spacial score (nSPS) is 23.2. The van der Waals surface area contributed by atoms with E-state index in [1.54, 1.807) is 4.90 Å². The van der Waals surface area contributed by atoms with Crippen molar-refractivity contribution in [1.82, 2.24) is 34.7 Å². The number of carbonyl (C=O) groups excluding carboxylic acids is 5. The van der Waals surface area contributed by atoms with Crippen LogP contribution in [0.1, 0.15) is 103 Å². The van der Waals surface area contributed by atoms with Gasteiger partial charge < -0.3 is 40.3 Å². The van der Waals surface area contributed by atoms with Crippen molar-refractivity contribution in [3.63, 3.8) is 0 Å². The molecular weight excluding hydrogens is 885 g/mol. The summed E-state index contributed by atoms with van der Waals surface area (Å²) in [4.78, 5) is 75.0. The molecule has 368 valence electrons. The van der Waals surface area contributed by atoms with Crippen LogP contribution in [0.3, 0.4) is 0 Å². The number of amides is 6. The number of fused-ring (bicyclic) bond motifs is 2. The molecule has 0 bridgehead atoms. The molecule has 7 aliphatic heterocycles. The Labute approximate surface area is 409 Å². The van der Waals surface area contributed by atoms with Gasteiger partial charge in [-0.25, -0.2) is 9.48 Å². The van der Waals surface area contributed by atoms with Crippen molar-refractivity contribution < 1.29 is 28.7 Å². The molecule has 5 saturated heterocycles. The van der Waals surface area contributed by atoms with Crippen LogP contribution >= 0.6 is 0 Å². The number of piperidine rings is 5. The summed E-state index contributed by atoms with van der Waals surface area (Å²) < 4.78 is 8.06. The van der Waals surface area contributed by atoms with Gasteiger partial charge in [0.15, 0.2) is 0 Å². The molecule has 3 aromatic carbocycles. The fourth-order valence-corrected chi connectivity index (χ4v) is 12.8. The minimum Gasteiger partial charge on any atom is -0.457 e. The Morgan fingerprint density at radius 1 is 0.714 bits per heavy atom. The van der Waals surface area contributed by atoms with E-state index >= 15 is 0 Å². The summed E-state index contributed by atoms with van der Waals surface area (Å²) in [5.74, 6) is 3.24. The molecular formula is C54H66N10O6. The smallest absolute Gasteiger partial charge is 0.319 e. The highest BCUT2D eigenvalue weighted by Gasteiger charge is 2.41. The number of imide groups is 1. The number of likely N-dealkylation sites (tertiary alicyclic amines) is 3. The highest BCUT2D eigenvalue weighted by Crippen LogP contribution is 2.41. The van der Waals surface area contributed by atoms with Gasteiger partial charge in [-0.05, 0) is 161 Å². The largest absolute Gasteiger partial charge is 0.457 e. The lowest BCUT2D eigenvalue weighted by atomic mass is 9.78. The first-order chi connectivity index (χ1) is 34.1. The maximum Gasteiger partial charge on any atom is 0.319 e. The molecule has 2 atom stereocenters. The number of nitrogens with two attached hydrogens (primary N) is 1. The van der Waals surface area contributed by atoms with Crippen molar-refractivity contribution in [2.24, 2.45) is 29.4 Å². The fraction of sp³-hybridized carbons (Fsp3) is 0.519. The van der Waals surface area contributed by atoms with Gasteiger partial charge in [-0.1, -0.05) is 18.2 Å². The van der Waals surface area contributed by atoms with Gasteiger partial charge in [0.2, 0.25) is 11.8 Å². The molecule has 0 aliphatic carbocycles. The van der Waals surface area contributed by atoms with Crippen LogP contribution in [-0.4, -0.2) is 131 Å². The van der Waals surface area contributed by atoms with Gasteiger partial charge in [0.1, 0.15) is 34.6 Å². The van der Waals surface area contributed by atoms with E-state index in [0.717, 1.165) is 152 Å². The van der Waals surface area contributed by atoms with E-state index in [0.29, 0.717) is 59.2 Å². The topological polar surface area (TPSA) is 179 Å². The lowest BCUT2D eigenvalue weighted by Crippen LogP contribution is -2.52. The predicted molar refractivity (Wildman–Crippen MR) is 265 cm³/mol. The second-order valence-electron chi connectivity index (χ2n) is 20.8. The molecule has 1 aromatic heterocycles. The average Bonchev–Trinajstić information content (AvgIpc) is 3.95. The van der Waals surface area contributed by atoms with Crippen LogP contribution in [0.4, 0.5) is 16.3 Å². The summed E-state index contributed by atoms with van der Waals surface area (Å²) >= 11 is 0. The Balaban J connectivity index is 0.609. The van der Waals surface area contributed by atoms with Crippen molar-refractivity contribution in [2.75, 3.05) is 75.7 Å². The number of ether oxygens (including phenoxy) is 1. The van der Waals surface area contributed by atoms with Crippen LogP contribution in [0.15, 0.2) is 72.8 Å². The minimum absolute atomic E-state index is 0.135. The Kier molecular flexibility index (Phi) is 13.0. The number of benzene rings is 3. The number of carbonyl (C=O) groups is 5. The van der Waals surface area contributed by atoms with Crippen molar-refractivity contribution in [3.8, 4) is 22.8 Å². The van der Waals surface area contributed by atoms with Crippen molar-refractivity contribution in [2.45, 2.75) is 89.3 Å². The van der Waals surface area contributed by atoms with Gasteiger partial charge in [-0.2, -0.15) is 5.10 Å². The van der Waals surface area contributed by atoms with Crippen LogP contribution < -0.4 is 26.0 Å². The zero-order chi connectivity index (χ0) is 47.9. The molecule has 0 spiro atoms. The number of hydrogen-bond donors (Lipinski definition) is 3. The van der Waals surface area contributed by atoms with E-state index in [4.69, 9.17) is 15.6 Å². The van der Waals surface area contributed by atoms with Gasteiger partial charge in [0.25, 0.3) is 11.8 Å². The zero-order valence-corrected chi connectivity index (χ0v) is 40.1. The maximum atomic E-state index is 13.8. The third kappa shape index (κ3) is 9.34. The second-order valence-corrected chi connectivity index (χ2v) is 20.8. The number of rotatable bonds is 10. The quantitative estimate of drug-likeness (QED) is 0.144.